The van der Waals surface area contributed by atoms with Gasteiger partial charge < -0.3 is 10.2 Å². The molecule has 1 saturated heterocycles. The third-order valence-electron chi connectivity index (χ3n) is 3.98. The molecule has 1 aromatic carbocycles. The lowest BCUT2D eigenvalue weighted by Crippen LogP contribution is -2.48. The van der Waals surface area contributed by atoms with Crippen molar-refractivity contribution in [3.8, 4) is 0 Å². The van der Waals surface area contributed by atoms with Gasteiger partial charge in [-0.3, -0.25) is 9.69 Å². The first kappa shape index (κ1) is 18.6. The summed E-state index contributed by atoms with van der Waals surface area (Å²) in [6, 6.07) is 9.40. The van der Waals surface area contributed by atoms with Crippen molar-refractivity contribution < 1.29 is 4.79 Å². The van der Waals surface area contributed by atoms with Crippen LogP contribution in [-0.4, -0.2) is 48.5 Å². The summed E-state index contributed by atoms with van der Waals surface area (Å²) in [5.41, 5.74) is 0.632. The second kappa shape index (κ2) is 8.49. The van der Waals surface area contributed by atoms with E-state index in [2.05, 4.69) is 52.0 Å². The lowest BCUT2D eigenvalue weighted by atomic mass is 10.3. The first-order valence-corrected chi connectivity index (χ1v) is 9.81. The Morgan fingerprint density at radius 1 is 1.12 bits per heavy atom. The average Bonchev–Trinajstić information content (AvgIpc) is 2.59. The van der Waals surface area contributed by atoms with Gasteiger partial charge in [0.1, 0.15) is 5.82 Å². The third kappa shape index (κ3) is 5.17. The number of carbonyl (C=O) groups is 1. The molecule has 0 aliphatic carbocycles. The van der Waals surface area contributed by atoms with Crippen molar-refractivity contribution in [2.75, 3.05) is 42.9 Å². The Balaban J connectivity index is 1.50. The summed E-state index contributed by atoms with van der Waals surface area (Å²) in [6.07, 6.45) is 1.80. The van der Waals surface area contributed by atoms with Crippen molar-refractivity contribution in [1.29, 1.82) is 0 Å². The quantitative estimate of drug-likeness (QED) is 0.706. The van der Waals surface area contributed by atoms with Gasteiger partial charge in [-0.2, -0.15) is 0 Å². The van der Waals surface area contributed by atoms with Crippen molar-refractivity contribution in [1.82, 2.24) is 9.88 Å². The Morgan fingerprint density at radius 2 is 1.84 bits per heavy atom. The summed E-state index contributed by atoms with van der Waals surface area (Å²) in [5, 5.41) is 3.39. The maximum absolute atomic E-state index is 12.3. The van der Waals surface area contributed by atoms with Gasteiger partial charge in [0, 0.05) is 41.3 Å². The summed E-state index contributed by atoms with van der Waals surface area (Å²) in [7, 11) is 0. The topological polar surface area (TPSA) is 48.5 Å². The number of hydrogen-bond acceptors (Lipinski definition) is 4. The zero-order valence-corrected chi connectivity index (χ0v) is 17.3. The smallest absolute Gasteiger partial charge is 0.238 e. The summed E-state index contributed by atoms with van der Waals surface area (Å²) in [5.74, 6) is 0.911. The second-order valence-corrected chi connectivity index (χ2v) is 8.01. The molecule has 1 amide bonds. The maximum atomic E-state index is 12.3. The fourth-order valence-electron chi connectivity index (χ4n) is 2.67. The number of anilines is 2. The Hall–Kier alpha value is -1.15. The Labute approximate surface area is 168 Å². The summed E-state index contributed by atoms with van der Waals surface area (Å²) >= 11 is 12.9. The summed E-state index contributed by atoms with van der Waals surface area (Å²) < 4.78 is 1.85. The zero-order chi connectivity index (χ0) is 17.8. The number of hydrogen-bond donors (Lipinski definition) is 1. The maximum Gasteiger partial charge on any atom is 0.238 e. The molecule has 25 heavy (non-hydrogen) atoms. The molecule has 1 fully saturated rings. The molecule has 8 heteroatoms. The molecule has 1 aliphatic rings. The minimum Gasteiger partial charge on any atom is -0.354 e. The van der Waals surface area contributed by atoms with Gasteiger partial charge in [-0.15, -0.1) is 0 Å². The van der Waals surface area contributed by atoms with Gasteiger partial charge in [-0.05, 0) is 46.3 Å². The van der Waals surface area contributed by atoms with Crippen LogP contribution >= 0.6 is 43.5 Å². The fraction of sp³-hybridized carbons (Fsp3) is 0.294. The molecular formula is C17H17Br2ClN4O. The molecule has 0 saturated carbocycles. The molecule has 3 rings (SSSR count). The molecule has 2 aromatic rings. The highest BCUT2D eigenvalue weighted by molar-refractivity contribution is 9.10. The van der Waals surface area contributed by atoms with Crippen LogP contribution in [0.3, 0.4) is 0 Å². The minimum atomic E-state index is -0.0561. The molecule has 1 N–H and O–H groups in total. The number of carbonyl (C=O) groups excluding carboxylic acids is 1. The Bertz CT molecular complexity index is 749. The number of aromatic nitrogens is 1. The normalized spacial score (nSPS) is 15.2. The number of halogens is 3. The van der Waals surface area contributed by atoms with E-state index in [1.807, 2.05) is 18.2 Å². The van der Waals surface area contributed by atoms with Gasteiger partial charge in [0.25, 0.3) is 0 Å². The predicted molar refractivity (Wildman–Crippen MR) is 108 cm³/mol. The number of benzene rings is 1. The molecule has 0 radical (unpaired) electrons. The monoisotopic (exact) mass is 486 g/mol. The highest BCUT2D eigenvalue weighted by Gasteiger charge is 2.20. The van der Waals surface area contributed by atoms with Crippen LogP contribution in [0.25, 0.3) is 0 Å². The Morgan fingerprint density at radius 3 is 2.48 bits per heavy atom. The van der Waals surface area contributed by atoms with Gasteiger partial charge in [0.15, 0.2) is 0 Å². The molecule has 1 aromatic heterocycles. The molecule has 1 aliphatic heterocycles. The van der Waals surface area contributed by atoms with E-state index in [0.29, 0.717) is 17.3 Å². The van der Waals surface area contributed by atoms with E-state index >= 15 is 0 Å². The van der Waals surface area contributed by atoms with Crippen molar-refractivity contribution in [2.45, 2.75) is 0 Å². The highest BCUT2D eigenvalue weighted by atomic mass is 79.9. The number of piperazine rings is 1. The summed E-state index contributed by atoms with van der Waals surface area (Å²) in [6.45, 7) is 3.69. The second-order valence-electron chi connectivity index (χ2n) is 5.77. The molecule has 5 nitrogen and oxygen atoms in total. The van der Waals surface area contributed by atoms with Crippen molar-refractivity contribution in [3.63, 3.8) is 0 Å². The van der Waals surface area contributed by atoms with E-state index in [9.17, 15) is 4.79 Å². The number of rotatable bonds is 4. The molecule has 0 atom stereocenters. The zero-order valence-electron chi connectivity index (χ0n) is 13.4. The SMILES string of the molecule is O=C(CN1CCN(c2ccc(Br)cn2)CC1)Nc1ccc(Br)cc1Cl. The molecule has 0 bridgehead atoms. The van der Waals surface area contributed by atoms with Crippen molar-refractivity contribution in [3.05, 3.63) is 50.5 Å². The van der Waals surface area contributed by atoms with Crippen LogP contribution in [0.2, 0.25) is 5.02 Å². The van der Waals surface area contributed by atoms with Crippen molar-refractivity contribution in [2.24, 2.45) is 0 Å². The first-order valence-electron chi connectivity index (χ1n) is 7.85. The standard InChI is InChI=1S/C17H17Br2ClN4O/c18-12-1-3-15(14(20)9-12)22-17(25)11-23-5-7-24(8-6-23)16-4-2-13(19)10-21-16/h1-4,9-10H,5-8,11H2,(H,22,25). The van der Waals surface area contributed by atoms with Crippen LogP contribution in [0.1, 0.15) is 0 Å². The largest absolute Gasteiger partial charge is 0.354 e. The van der Waals surface area contributed by atoms with Crippen molar-refractivity contribution >= 4 is 60.9 Å². The number of nitrogens with one attached hydrogen (secondary N) is 1. The average molecular weight is 489 g/mol. The van der Waals surface area contributed by atoms with Crippen LogP contribution in [0.15, 0.2) is 45.5 Å². The third-order valence-corrected chi connectivity index (χ3v) is 5.26. The molecule has 0 unspecified atom stereocenters. The van der Waals surface area contributed by atoms with Crippen LogP contribution < -0.4 is 10.2 Å². The number of amides is 1. The Kier molecular flexibility index (Phi) is 6.33. The molecule has 0 spiro atoms. The van der Waals surface area contributed by atoms with E-state index in [1.54, 1.807) is 18.3 Å². The van der Waals surface area contributed by atoms with E-state index in [4.69, 9.17) is 11.6 Å². The highest BCUT2D eigenvalue weighted by Crippen LogP contribution is 2.25. The molecular weight excluding hydrogens is 471 g/mol. The van der Waals surface area contributed by atoms with Gasteiger partial charge >= 0.3 is 0 Å². The number of pyridine rings is 1. The predicted octanol–water partition coefficient (Wildman–Crippen LogP) is 4.02. The van der Waals surface area contributed by atoms with Gasteiger partial charge in [0.05, 0.1) is 17.3 Å². The molecule has 132 valence electrons. The van der Waals surface area contributed by atoms with E-state index in [1.165, 1.54) is 0 Å². The van der Waals surface area contributed by atoms with Crippen LogP contribution in [0.4, 0.5) is 11.5 Å². The van der Waals surface area contributed by atoms with Crippen LogP contribution in [0, 0.1) is 0 Å². The minimum absolute atomic E-state index is 0.0561. The fourth-order valence-corrected chi connectivity index (χ4v) is 3.63. The van der Waals surface area contributed by atoms with Crippen LogP contribution in [0.5, 0.6) is 0 Å². The van der Waals surface area contributed by atoms with Gasteiger partial charge in [-0.25, -0.2) is 4.98 Å². The van der Waals surface area contributed by atoms with Gasteiger partial charge in [0.2, 0.25) is 5.91 Å². The summed E-state index contributed by atoms with van der Waals surface area (Å²) in [4.78, 5) is 21.0. The lowest BCUT2D eigenvalue weighted by molar-refractivity contribution is -0.117. The van der Waals surface area contributed by atoms with E-state index in [-0.39, 0.29) is 5.91 Å². The van der Waals surface area contributed by atoms with Gasteiger partial charge in [-0.1, -0.05) is 27.5 Å². The first-order chi connectivity index (χ1) is 12.0. The lowest BCUT2D eigenvalue weighted by Gasteiger charge is -2.35. The van der Waals surface area contributed by atoms with E-state index < -0.39 is 0 Å². The van der Waals surface area contributed by atoms with Crippen LogP contribution in [-0.2, 0) is 4.79 Å². The molecule has 2 heterocycles. The number of nitrogens with zero attached hydrogens (tertiary/aromatic N) is 3. The van der Waals surface area contributed by atoms with E-state index in [0.717, 1.165) is 40.9 Å².